The van der Waals surface area contributed by atoms with Gasteiger partial charge in [-0.2, -0.15) is 0 Å². The van der Waals surface area contributed by atoms with E-state index >= 15 is 0 Å². The van der Waals surface area contributed by atoms with Crippen LogP contribution in [0.2, 0.25) is 0 Å². The Hall–Kier alpha value is -0.570. The summed E-state index contributed by atoms with van der Waals surface area (Å²) in [6, 6.07) is 0. The van der Waals surface area contributed by atoms with Gasteiger partial charge in [0.1, 0.15) is 0 Å². The molecule has 1 fully saturated rings. The summed E-state index contributed by atoms with van der Waals surface area (Å²) in [7, 11) is 0. The SMILES string of the molecule is CCCCOC(=O)[C@H]1CCCNC1. The van der Waals surface area contributed by atoms with Gasteiger partial charge in [-0.15, -0.1) is 0 Å². The van der Waals surface area contributed by atoms with Gasteiger partial charge < -0.3 is 10.1 Å². The molecule has 1 N–H and O–H groups in total. The highest BCUT2D eigenvalue weighted by atomic mass is 16.5. The van der Waals surface area contributed by atoms with Crippen LogP contribution >= 0.6 is 0 Å². The molecule has 1 rings (SSSR count). The predicted octanol–water partition coefficient (Wildman–Crippen LogP) is 1.33. The molecule has 0 saturated carbocycles. The van der Waals surface area contributed by atoms with Crippen LogP contribution in [0.5, 0.6) is 0 Å². The Bertz CT molecular complexity index is 153. The molecule has 3 nitrogen and oxygen atoms in total. The van der Waals surface area contributed by atoms with Crippen molar-refractivity contribution in [3.8, 4) is 0 Å². The first kappa shape index (κ1) is 10.5. The normalized spacial score (nSPS) is 22.7. The van der Waals surface area contributed by atoms with Crippen LogP contribution in [-0.2, 0) is 9.53 Å². The van der Waals surface area contributed by atoms with Gasteiger partial charge >= 0.3 is 5.97 Å². The van der Waals surface area contributed by atoms with E-state index in [1.54, 1.807) is 0 Å². The summed E-state index contributed by atoms with van der Waals surface area (Å²) in [5, 5.41) is 3.21. The van der Waals surface area contributed by atoms with Crippen LogP contribution in [0.15, 0.2) is 0 Å². The van der Waals surface area contributed by atoms with Gasteiger partial charge in [-0.3, -0.25) is 4.79 Å². The van der Waals surface area contributed by atoms with Crippen molar-refractivity contribution in [3.05, 3.63) is 0 Å². The van der Waals surface area contributed by atoms with E-state index in [1.807, 2.05) is 0 Å². The molecule has 0 aliphatic carbocycles. The fraction of sp³-hybridized carbons (Fsp3) is 0.900. The second-order valence-corrected chi connectivity index (χ2v) is 3.56. The average molecular weight is 185 g/mol. The molecular weight excluding hydrogens is 166 g/mol. The number of rotatable bonds is 4. The first-order chi connectivity index (χ1) is 6.34. The monoisotopic (exact) mass is 185 g/mol. The van der Waals surface area contributed by atoms with E-state index in [0.29, 0.717) is 6.61 Å². The largest absolute Gasteiger partial charge is 0.465 e. The minimum absolute atomic E-state index is 0.0133. The van der Waals surface area contributed by atoms with Gasteiger partial charge in [-0.05, 0) is 25.8 Å². The van der Waals surface area contributed by atoms with Crippen LogP contribution < -0.4 is 5.32 Å². The lowest BCUT2D eigenvalue weighted by atomic mass is 10.0. The van der Waals surface area contributed by atoms with Gasteiger partial charge in [0.2, 0.25) is 0 Å². The zero-order chi connectivity index (χ0) is 9.52. The molecule has 76 valence electrons. The van der Waals surface area contributed by atoms with Crippen LogP contribution in [0.3, 0.4) is 0 Å². The van der Waals surface area contributed by atoms with Crippen molar-refractivity contribution < 1.29 is 9.53 Å². The third-order valence-electron chi connectivity index (χ3n) is 2.37. The van der Waals surface area contributed by atoms with Crippen molar-refractivity contribution in [1.82, 2.24) is 5.32 Å². The summed E-state index contributed by atoms with van der Waals surface area (Å²) in [6.07, 6.45) is 4.13. The Morgan fingerprint density at radius 2 is 2.46 bits per heavy atom. The minimum Gasteiger partial charge on any atom is -0.465 e. The van der Waals surface area contributed by atoms with E-state index in [4.69, 9.17) is 4.74 Å². The van der Waals surface area contributed by atoms with Gasteiger partial charge in [-0.25, -0.2) is 0 Å². The molecule has 0 aromatic rings. The second kappa shape index (κ2) is 5.97. The average Bonchev–Trinajstić information content (AvgIpc) is 2.19. The van der Waals surface area contributed by atoms with Gasteiger partial charge in [0, 0.05) is 6.54 Å². The first-order valence-electron chi connectivity index (χ1n) is 5.22. The Kier molecular flexibility index (Phi) is 4.83. The maximum Gasteiger partial charge on any atom is 0.310 e. The van der Waals surface area contributed by atoms with E-state index < -0.39 is 0 Å². The third-order valence-corrected chi connectivity index (χ3v) is 2.37. The Morgan fingerprint density at radius 1 is 1.62 bits per heavy atom. The molecule has 0 aromatic heterocycles. The molecule has 0 amide bonds. The summed E-state index contributed by atoms with van der Waals surface area (Å²) < 4.78 is 5.14. The maximum absolute atomic E-state index is 11.4. The molecule has 0 spiro atoms. The smallest absolute Gasteiger partial charge is 0.310 e. The summed E-state index contributed by atoms with van der Waals surface area (Å²) in [6.45, 7) is 4.52. The van der Waals surface area contributed by atoms with Gasteiger partial charge in [0.15, 0.2) is 0 Å². The lowest BCUT2D eigenvalue weighted by Gasteiger charge is -2.20. The summed E-state index contributed by atoms with van der Waals surface area (Å²) in [5.74, 6) is 0.0891. The van der Waals surface area contributed by atoms with Crippen molar-refractivity contribution in [3.63, 3.8) is 0 Å². The highest BCUT2D eigenvalue weighted by Gasteiger charge is 2.21. The number of unbranched alkanes of at least 4 members (excludes halogenated alkanes) is 1. The number of carbonyl (C=O) groups excluding carboxylic acids is 1. The third kappa shape index (κ3) is 3.77. The van der Waals surface area contributed by atoms with Crippen molar-refractivity contribution in [2.75, 3.05) is 19.7 Å². The van der Waals surface area contributed by atoms with Crippen LogP contribution in [0.1, 0.15) is 32.6 Å². The molecule has 1 atom stereocenters. The first-order valence-corrected chi connectivity index (χ1v) is 5.22. The second-order valence-electron chi connectivity index (χ2n) is 3.56. The fourth-order valence-electron chi connectivity index (χ4n) is 1.49. The van der Waals surface area contributed by atoms with E-state index in [1.165, 1.54) is 0 Å². The highest BCUT2D eigenvalue weighted by Crippen LogP contribution is 2.11. The molecular formula is C10H19NO2. The summed E-state index contributed by atoms with van der Waals surface area (Å²) in [4.78, 5) is 11.4. The molecule has 1 heterocycles. The van der Waals surface area contributed by atoms with E-state index in [-0.39, 0.29) is 11.9 Å². The summed E-state index contributed by atoms with van der Waals surface area (Å²) >= 11 is 0. The number of hydrogen-bond donors (Lipinski definition) is 1. The van der Waals surface area contributed by atoms with Crippen LogP contribution in [0, 0.1) is 5.92 Å². The molecule has 13 heavy (non-hydrogen) atoms. The quantitative estimate of drug-likeness (QED) is 0.530. The lowest BCUT2D eigenvalue weighted by Crippen LogP contribution is -2.35. The van der Waals surface area contributed by atoms with E-state index in [2.05, 4.69) is 12.2 Å². The standard InChI is InChI=1S/C10H19NO2/c1-2-3-7-13-10(12)9-5-4-6-11-8-9/h9,11H,2-8H2,1H3/t9-/m0/s1. The van der Waals surface area contributed by atoms with Crippen LogP contribution in [0.25, 0.3) is 0 Å². The molecule has 1 aliphatic heterocycles. The van der Waals surface area contributed by atoms with Crippen LogP contribution in [0.4, 0.5) is 0 Å². The van der Waals surface area contributed by atoms with Gasteiger partial charge in [0.25, 0.3) is 0 Å². The molecule has 0 unspecified atom stereocenters. The molecule has 3 heteroatoms. The molecule has 1 saturated heterocycles. The Labute approximate surface area is 79.8 Å². The zero-order valence-electron chi connectivity index (χ0n) is 8.34. The molecule has 1 aliphatic rings. The zero-order valence-corrected chi connectivity index (χ0v) is 8.34. The van der Waals surface area contributed by atoms with Gasteiger partial charge in [-0.1, -0.05) is 13.3 Å². The number of ether oxygens (including phenoxy) is 1. The number of nitrogens with one attached hydrogen (secondary N) is 1. The number of esters is 1. The predicted molar refractivity (Wildman–Crippen MR) is 51.5 cm³/mol. The minimum atomic E-state index is -0.0133. The van der Waals surface area contributed by atoms with Crippen molar-refractivity contribution in [1.29, 1.82) is 0 Å². The van der Waals surface area contributed by atoms with Gasteiger partial charge in [0.05, 0.1) is 12.5 Å². The number of piperidine rings is 1. The number of hydrogen-bond acceptors (Lipinski definition) is 3. The van der Waals surface area contributed by atoms with E-state index in [0.717, 1.165) is 38.8 Å². The van der Waals surface area contributed by atoms with Crippen molar-refractivity contribution in [2.24, 2.45) is 5.92 Å². The Balaban J connectivity index is 2.13. The number of carbonyl (C=O) groups is 1. The lowest BCUT2D eigenvalue weighted by molar-refractivity contribution is -0.149. The van der Waals surface area contributed by atoms with E-state index in [9.17, 15) is 4.79 Å². The van der Waals surface area contributed by atoms with Crippen LogP contribution in [-0.4, -0.2) is 25.7 Å². The highest BCUT2D eigenvalue weighted by molar-refractivity contribution is 5.72. The topological polar surface area (TPSA) is 38.3 Å². The Morgan fingerprint density at radius 3 is 3.08 bits per heavy atom. The molecule has 0 bridgehead atoms. The van der Waals surface area contributed by atoms with Crippen molar-refractivity contribution >= 4 is 5.97 Å². The summed E-state index contributed by atoms with van der Waals surface area (Å²) in [5.41, 5.74) is 0. The maximum atomic E-state index is 11.4. The van der Waals surface area contributed by atoms with Crippen molar-refractivity contribution in [2.45, 2.75) is 32.6 Å². The molecule has 0 radical (unpaired) electrons. The molecule has 0 aromatic carbocycles. The fourth-order valence-corrected chi connectivity index (χ4v) is 1.49.